The standard InChI is InChI=1S/C13H24N2O2/c1-9(2)15-8-13(17-11(4)12(15)16)5-6-14-7-10(13)3/h9-11,14H,5-8H2,1-4H3/t10-,11+,13-/m0/s1. The minimum atomic E-state index is -0.299. The van der Waals surface area contributed by atoms with E-state index in [1.54, 1.807) is 0 Å². The fourth-order valence-electron chi connectivity index (χ4n) is 2.94. The van der Waals surface area contributed by atoms with Crippen LogP contribution >= 0.6 is 0 Å². The number of hydrogen-bond donors (Lipinski definition) is 1. The molecule has 4 nitrogen and oxygen atoms in total. The van der Waals surface area contributed by atoms with Gasteiger partial charge in [-0.15, -0.1) is 0 Å². The van der Waals surface area contributed by atoms with Crippen LogP contribution in [0.2, 0.25) is 0 Å². The Bertz CT molecular complexity index is 306. The Balaban J connectivity index is 2.22. The summed E-state index contributed by atoms with van der Waals surface area (Å²) in [5, 5.41) is 3.39. The van der Waals surface area contributed by atoms with Gasteiger partial charge < -0.3 is 15.0 Å². The predicted octanol–water partition coefficient (Wildman–Crippen LogP) is 1.01. The molecule has 0 aromatic carbocycles. The average Bonchev–Trinajstić information content (AvgIpc) is 2.27. The first kappa shape index (κ1) is 12.8. The first-order chi connectivity index (χ1) is 7.96. The lowest BCUT2D eigenvalue weighted by atomic mass is 9.80. The number of carbonyl (C=O) groups is 1. The third kappa shape index (κ3) is 2.20. The van der Waals surface area contributed by atoms with Crippen molar-refractivity contribution >= 4 is 5.91 Å². The first-order valence-electron chi connectivity index (χ1n) is 6.65. The number of morpholine rings is 1. The number of ether oxygens (including phenoxy) is 1. The van der Waals surface area contributed by atoms with Gasteiger partial charge in [-0.25, -0.2) is 0 Å². The summed E-state index contributed by atoms with van der Waals surface area (Å²) in [4.78, 5) is 14.1. The summed E-state index contributed by atoms with van der Waals surface area (Å²) in [5.74, 6) is 0.587. The van der Waals surface area contributed by atoms with Gasteiger partial charge in [0.25, 0.3) is 5.91 Å². The van der Waals surface area contributed by atoms with Crippen molar-refractivity contribution in [3.05, 3.63) is 0 Å². The molecule has 2 aliphatic rings. The number of piperidine rings is 1. The average molecular weight is 240 g/mol. The molecule has 1 amide bonds. The molecular formula is C13H24N2O2. The highest BCUT2D eigenvalue weighted by molar-refractivity contribution is 5.81. The summed E-state index contributed by atoms with van der Waals surface area (Å²) in [6, 6.07) is 0.257. The summed E-state index contributed by atoms with van der Waals surface area (Å²) in [7, 11) is 0. The monoisotopic (exact) mass is 240 g/mol. The SMILES string of the molecule is CC(C)N1C[C@]2(CCNC[C@@H]2C)O[C@H](C)C1=O. The largest absolute Gasteiger partial charge is 0.360 e. The minimum absolute atomic E-state index is 0.136. The van der Waals surface area contributed by atoms with Gasteiger partial charge in [-0.2, -0.15) is 0 Å². The number of amides is 1. The summed E-state index contributed by atoms with van der Waals surface area (Å²) >= 11 is 0. The van der Waals surface area contributed by atoms with E-state index in [1.165, 1.54) is 0 Å². The predicted molar refractivity (Wildman–Crippen MR) is 66.8 cm³/mol. The molecule has 17 heavy (non-hydrogen) atoms. The van der Waals surface area contributed by atoms with Crippen molar-refractivity contribution in [1.29, 1.82) is 0 Å². The van der Waals surface area contributed by atoms with Crippen LogP contribution < -0.4 is 5.32 Å². The Hall–Kier alpha value is -0.610. The topological polar surface area (TPSA) is 41.6 Å². The molecule has 2 saturated heterocycles. The Kier molecular flexibility index (Phi) is 3.46. The van der Waals surface area contributed by atoms with E-state index >= 15 is 0 Å². The van der Waals surface area contributed by atoms with Gasteiger partial charge in [-0.3, -0.25) is 4.79 Å². The van der Waals surface area contributed by atoms with Crippen LogP contribution in [0.15, 0.2) is 0 Å². The van der Waals surface area contributed by atoms with Crippen LogP contribution in [0.25, 0.3) is 0 Å². The van der Waals surface area contributed by atoms with E-state index in [-0.39, 0.29) is 23.7 Å². The lowest BCUT2D eigenvalue weighted by molar-refractivity contribution is -0.199. The Labute approximate surface area is 104 Å². The molecule has 3 atom stereocenters. The highest BCUT2D eigenvalue weighted by atomic mass is 16.5. The zero-order chi connectivity index (χ0) is 12.6. The van der Waals surface area contributed by atoms with Crippen molar-refractivity contribution in [3.63, 3.8) is 0 Å². The van der Waals surface area contributed by atoms with Crippen LogP contribution in [0.5, 0.6) is 0 Å². The van der Waals surface area contributed by atoms with Crippen LogP contribution in [-0.2, 0) is 9.53 Å². The van der Waals surface area contributed by atoms with Gasteiger partial charge in [-0.05, 0) is 39.7 Å². The fourth-order valence-corrected chi connectivity index (χ4v) is 2.94. The van der Waals surface area contributed by atoms with E-state index < -0.39 is 0 Å². The third-order valence-corrected chi connectivity index (χ3v) is 4.18. The molecule has 2 fully saturated rings. The molecular weight excluding hydrogens is 216 g/mol. The molecule has 4 heteroatoms. The smallest absolute Gasteiger partial charge is 0.251 e. The third-order valence-electron chi connectivity index (χ3n) is 4.18. The molecule has 2 aliphatic heterocycles. The van der Waals surface area contributed by atoms with Crippen molar-refractivity contribution in [3.8, 4) is 0 Å². The van der Waals surface area contributed by atoms with Crippen LogP contribution in [0, 0.1) is 5.92 Å². The lowest BCUT2D eigenvalue weighted by Crippen LogP contribution is -2.65. The van der Waals surface area contributed by atoms with E-state index in [0.29, 0.717) is 5.92 Å². The van der Waals surface area contributed by atoms with Crippen LogP contribution in [-0.4, -0.2) is 48.2 Å². The summed E-state index contributed by atoms with van der Waals surface area (Å²) < 4.78 is 6.09. The number of nitrogens with one attached hydrogen (secondary N) is 1. The summed E-state index contributed by atoms with van der Waals surface area (Å²) in [6.45, 7) is 11.0. The zero-order valence-corrected chi connectivity index (χ0v) is 11.3. The molecule has 2 rings (SSSR count). The molecule has 0 aromatic rings. The van der Waals surface area contributed by atoms with Crippen molar-refractivity contribution in [2.45, 2.75) is 51.9 Å². The maximum absolute atomic E-state index is 12.1. The van der Waals surface area contributed by atoms with E-state index in [4.69, 9.17) is 4.74 Å². The Morgan fingerprint density at radius 3 is 2.76 bits per heavy atom. The maximum atomic E-state index is 12.1. The van der Waals surface area contributed by atoms with Gasteiger partial charge in [-0.1, -0.05) is 6.92 Å². The fraction of sp³-hybridized carbons (Fsp3) is 0.923. The van der Waals surface area contributed by atoms with Crippen molar-refractivity contribution in [1.82, 2.24) is 10.2 Å². The Morgan fingerprint density at radius 1 is 1.47 bits per heavy atom. The number of rotatable bonds is 1. The van der Waals surface area contributed by atoms with Crippen molar-refractivity contribution in [2.24, 2.45) is 5.92 Å². The normalized spacial score (nSPS) is 39.1. The summed E-state index contributed by atoms with van der Waals surface area (Å²) in [5.41, 5.74) is -0.136. The van der Waals surface area contributed by atoms with Gasteiger partial charge in [0.15, 0.2) is 0 Å². The van der Waals surface area contributed by atoms with Crippen molar-refractivity contribution in [2.75, 3.05) is 19.6 Å². The molecule has 2 heterocycles. The van der Waals surface area contributed by atoms with Crippen molar-refractivity contribution < 1.29 is 9.53 Å². The molecule has 0 aliphatic carbocycles. The van der Waals surface area contributed by atoms with Gasteiger partial charge >= 0.3 is 0 Å². The molecule has 1 spiro atoms. The van der Waals surface area contributed by atoms with Gasteiger partial charge in [0.1, 0.15) is 6.10 Å². The number of carbonyl (C=O) groups excluding carboxylic acids is 1. The van der Waals surface area contributed by atoms with Crippen LogP contribution in [0.3, 0.4) is 0 Å². The van der Waals surface area contributed by atoms with Crippen LogP contribution in [0.4, 0.5) is 0 Å². The second-order valence-electron chi connectivity index (χ2n) is 5.74. The minimum Gasteiger partial charge on any atom is -0.360 e. The Morgan fingerprint density at radius 2 is 2.18 bits per heavy atom. The van der Waals surface area contributed by atoms with Gasteiger partial charge in [0.2, 0.25) is 0 Å². The molecule has 0 unspecified atom stereocenters. The number of hydrogen-bond acceptors (Lipinski definition) is 3. The van der Waals surface area contributed by atoms with Gasteiger partial charge in [0, 0.05) is 12.6 Å². The molecule has 0 bridgehead atoms. The quantitative estimate of drug-likeness (QED) is 0.744. The van der Waals surface area contributed by atoms with E-state index in [1.807, 2.05) is 11.8 Å². The highest BCUT2D eigenvalue weighted by Crippen LogP contribution is 2.35. The highest BCUT2D eigenvalue weighted by Gasteiger charge is 2.48. The van der Waals surface area contributed by atoms with E-state index in [9.17, 15) is 4.79 Å². The molecule has 0 saturated carbocycles. The summed E-state index contributed by atoms with van der Waals surface area (Å²) in [6.07, 6.45) is 0.696. The molecule has 0 radical (unpaired) electrons. The maximum Gasteiger partial charge on any atom is 0.251 e. The second kappa shape index (κ2) is 4.58. The van der Waals surface area contributed by atoms with Crippen LogP contribution in [0.1, 0.15) is 34.1 Å². The number of nitrogens with zero attached hydrogens (tertiary/aromatic N) is 1. The molecule has 98 valence electrons. The van der Waals surface area contributed by atoms with Gasteiger partial charge in [0.05, 0.1) is 12.1 Å². The zero-order valence-electron chi connectivity index (χ0n) is 11.3. The van der Waals surface area contributed by atoms with E-state index in [2.05, 4.69) is 26.1 Å². The lowest BCUT2D eigenvalue weighted by Gasteiger charge is -2.51. The second-order valence-corrected chi connectivity index (χ2v) is 5.74. The van der Waals surface area contributed by atoms with E-state index in [0.717, 1.165) is 26.1 Å². The molecule has 1 N–H and O–H groups in total. The first-order valence-corrected chi connectivity index (χ1v) is 6.65. The molecule has 0 aromatic heterocycles.